The summed E-state index contributed by atoms with van der Waals surface area (Å²) in [5.74, 6) is -2.31. The predicted octanol–water partition coefficient (Wildman–Crippen LogP) is 5.61. The summed E-state index contributed by atoms with van der Waals surface area (Å²) in [7, 11) is 2.49. The number of benzene rings is 1. The first-order valence-electron chi connectivity index (χ1n) is 15.3. The van der Waals surface area contributed by atoms with Gasteiger partial charge in [-0.05, 0) is 43.2 Å². The molecule has 0 radical (unpaired) electrons. The highest BCUT2D eigenvalue weighted by Crippen LogP contribution is 2.42. The van der Waals surface area contributed by atoms with Crippen LogP contribution in [0.5, 0.6) is 5.88 Å². The van der Waals surface area contributed by atoms with Gasteiger partial charge >= 0.3 is 24.4 Å². The van der Waals surface area contributed by atoms with E-state index in [4.69, 9.17) is 15.2 Å². The second-order valence-electron chi connectivity index (χ2n) is 11.2. The second-order valence-corrected chi connectivity index (χ2v) is 11.2. The Morgan fingerprint density at radius 2 is 1.62 bits per heavy atom. The van der Waals surface area contributed by atoms with Crippen LogP contribution in [0.25, 0.3) is 0 Å². The second kappa shape index (κ2) is 15.3. The molecule has 1 aliphatic rings. The zero-order valence-electron chi connectivity index (χ0n) is 27.3. The summed E-state index contributed by atoms with van der Waals surface area (Å²) >= 11 is 0. The number of hydrogen-bond donors (Lipinski definition) is 2. The van der Waals surface area contributed by atoms with E-state index in [9.17, 15) is 40.7 Å². The van der Waals surface area contributed by atoms with Crippen LogP contribution >= 0.6 is 0 Å². The highest BCUT2D eigenvalue weighted by Gasteiger charge is 2.45. The van der Waals surface area contributed by atoms with Crippen molar-refractivity contribution in [1.82, 2.24) is 15.0 Å². The number of ether oxygens (including phenoxy) is 3. The minimum atomic E-state index is -5.11. The summed E-state index contributed by atoms with van der Waals surface area (Å²) in [5, 5.41) is 2.48. The number of alkyl halides is 6. The number of pyridine rings is 1. The molecule has 0 saturated carbocycles. The largest absolute Gasteiger partial charge is 0.481 e. The van der Waals surface area contributed by atoms with Crippen molar-refractivity contribution in [2.75, 3.05) is 31.0 Å². The monoisotopic (exact) mass is 712 g/mol. The minimum absolute atomic E-state index is 0.00162. The molecule has 0 saturated heterocycles. The Morgan fingerprint density at radius 1 is 0.960 bits per heavy atom. The van der Waals surface area contributed by atoms with Crippen molar-refractivity contribution in [2.24, 2.45) is 5.73 Å². The van der Waals surface area contributed by atoms with Crippen molar-refractivity contribution < 1.29 is 54.9 Å². The topological polar surface area (TPSA) is 159 Å². The van der Waals surface area contributed by atoms with Gasteiger partial charge in [-0.3, -0.25) is 14.5 Å². The Labute approximate surface area is 282 Å². The molecule has 3 aromatic rings. The van der Waals surface area contributed by atoms with E-state index in [1.165, 1.54) is 18.1 Å². The molecule has 2 aromatic heterocycles. The van der Waals surface area contributed by atoms with E-state index in [0.717, 1.165) is 13.3 Å². The first-order valence-corrected chi connectivity index (χ1v) is 15.3. The smallest absolute Gasteiger partial charge is 0.416 e. The van der Waals surface area contributed by atoms with Gasteiger partial charge in [-0.2, -0.15) is 26.3 Å². The number of nitrogens with two attached hydrogens (primary N) is 1. The molecule has 50 heavy (non-hydrogen) atoms. The van der Waals surface area contributed by atoms with E-state index >= 15 is 0 Å². The molecule has 1 aliphatic heterocycles. The normalized spacial score (nSPS) is 17.5. The Morgan fingerprint density at radius 3 is 2.18 bits per heavy atom. The predicted molar refractivity (Wildman–Crippen MR) is 165 cm³/mol. The molecule has 12 nitrogen and oxygen atoms in total. The molecule has 18 heteroatoms. The molecule has 3 atom stereocenters. The molecule has 3 unspecified atom stereocenters. The Balaban J connectivity index is 1.89. The van der Waals surface area contributed by atoms with Gasteiger partial charge in [0, 0.05) is 24.9 Å². The number of carbonyl (C=O) groups is 3. The molecule has 3 heterocycles. The lowest BCUT2D eigenvalue weighted by atomic mass is 9.83. The van der Waals surface area contributed by atoms with Gasteiger partial charge in [0.15, 0.2) is 0 Å². The lowest BCUT2D eigenvalue weighted by molar-refractivity contribution is -0.143. The van der Waals surface area contributed by atoms with Crippen LogP contribution in [0, 0.1) is 0 Å². The standard InChI is InChI=1S/C32H34F6N6O6/c1-5-21-27(39)26(28-22(7-9-24(43-28)48-3)44(21)30(47)50-6-2)29-40-15-20(41-23(45)8-10-25(46)49-4)19(42-29)13-16-11-17(31(33,34)35)14-18(12-16)32(36,37)38/h7,9,11-12,14-15,21,26-27H,5-6,8,10,13,39H2,1-4H3,(H,41,45). The van der Waals surface area contributed by atoms with Crippen LogP contribution in [0.3, 0.4) is 0 Å². The summed E-state index contributed by atoms with van der Waals surface area (Å²) in [4.78, 5) is 52.3. The minimum Gasteiger partial charge on any atom is -0.481 e. The third kappa shape index (κ3) is 8.40. The third-order valence-corrected chi connectivity index (χ3v) is 7.93. The van der Waals surface area contributed by atoms with E-state index in [2.05, 4.69) is 25.0 Å². The van der Waals surface area contributed by atoms with E-state index < -0.39 is 71.4 Å². The molecule has 0 spiro atoms. The van der Waals surface area contributed by atoms with Gasteiger partial charge in [0.05, 0.1) is 79.3 Å². The number of hydrogen-bond acceptors (Lipinski definition) is 10. The first-order chi connectivity index (χ1) is 23.5. The van der Waals surface area contributed by atoms with Gasteiger partial charge in [0.25, 0.3) is 0 Å². The Hall–Kier alpha value is -5.00. The maximum Gasteiger partial charge on any atom is 0.416 e. The lowest BCUT2D eigenvalue weighted by Gasteiger charge is -2.43. The average molecular weight is 713 g/mol. The van der Waals surface area contributed by atoms with Gasteiger partial charge < -0.3 is 25.3 Å². The van der Waals surface area contributed by atoms with Gasteiger partial charge in [0.2, 0.25) is 11.8 Å². The lowest BCUT2D eigenvalue weighted by Crippen LogP contribution is -2.57. The molecular weight excluding hydrogens is 678 g/mol. The highest BCUT2D eigenvalue weighted by molar-refractivity contribution is 5.93. The van der Waals surface area contributed by atoms with Crippen molar-refractivity contribution in [1.29, 1.82) is 0 Å². The van der Waals surface area contributed by atoms with Crippen molar-refractivity contribution >= 4 is 29.3 Å². The number of esters is 1. The summed E-state index contributed by atoms with van der Waals surface area (Å²) < 4.78 is 97.4. The fraction of sp³-hybridized carbons (Fsp3) is 0.438. The molecule has 0 bridgehead atoms. The number of nitrogens with one attached hydrogen (secondary N) is 1. The van der Waals surface area contributed by atoms with Gasteiger partial charge in [-0.15, -0.1) is 0 Å². The number of amides is 2. The van der Waals surface area contributed by atoms with Crippen LogP contribution in [-0.4, -0.2) is 65.8 Å². The fourth-order valence-electron chi connectivity index (χ4n) is 5.59. The quantitative estimate of drug-likeness (QED) is 0.200. The molecule has 4 rings (SSSR count). The van der Waals surface area contributed by atoms with E-state index in [1.54, 1.807) is 19.9 Å². The Bertz CT molecular complexity index is 1700. The van der Waals surface area contributed by atoms with Crippen LogP contribution < -0.4 is 20.7 Å². The van der Waals surface area contributed by atoms with Gasteiger partial charge in [-0.1, -0.05) is 6.92 Å². The average Bonchev–Trinajstić information content (AvgIpc) is 3.06. The third-order valence-electron chi connectivity index (χ3n) is 7.93. The number of fused-ring (bicyclic) bond motifs is 1. The number of methoxy groups -OCH3 is 2. The number of carbonyl (C=O) groups excluding carboxylic acids is 3. The van der Waals surface area contributed by atoms with Crippen molar-refractivity contribution in [2.45, 2.75) is 69.9 Å². The van der Waals surface area contributed by atoms with Crippen LogP contribution in [0.15, 0.2) is 36.5 Å². The number of nitrogens with zero attached hydrogens (tertiary/aromatic N) is 4. The number of anilines is 2. The van der Waals surface area contributed by atoms with Gasteiger partial charge in [-0.25, -0.2) is 19.7 Å². The molecule has 2 amide bonds. The molecule has 0 aliphatic carbocycles. The maximum absolute atomic E-state index is 13.7. The zero-order chi connectivity index (χ0) is 37.0. The zero-order valence-corrected chi connectivity index (χ0v) is 27.3. The summed E-state index contributed by atoms with van der Waals surface area (Å²) in [6, 6.07) is 2.55. The van der Waals surface area contributed by atoms with E-state index in [0.29, 0.717) is 24.2 Å². The molecule has 1 aromatic carbocycles. The summed E-state index contributed by atoms with van der Waals surface area (Å²) in [5.41, 5.74) is 3.44. The van der Waals surface area contributed by atoms with E-state index in [-0.39, 0.29) is 54.3 Å². The number of halogens is 6. The molecule has 3 N–H and O–H groups in total. The van der Waals surface area contributed by atoms with E-state index in [1.807, 2.05) is 0 Å². The fourth-order valence-corrected chi connectivity index (χ4v) is 5.59. The molecular formula is C32H34F6N6O6. The van der Waals surface area contributed by atoms with Crippen LogP contribution in [0.2, 0.25) is 0 Å². The first kappa shape index (κ1) is 37.8. The highest BCUT2D eigenvalue weighted by atomic mass is 19.4. The Kier molecular flexibility index (Phi) is 11.5. The van der Waals surface area contributed by atoms with Crippen LogP contribution in [0.1, 0.15) is 72.9 Å². The number of aromatic nitrogens is 3. The molecule has 270 valence electrons. The van der Waals surface area contributed by atoms with Crippen molar-refractivity contribution in [3.05, 3.63) is 70.4 Å². The van der Waals surface area contributed by atoms with Crippen molar-refractivity contribution in [3.8, 4) is 5.88 Å². The summed E-state index contributed by atoms with van der Waals surface area (Å²) in [6.07, 6.45) is -10.7. The van der Waals surface area contributed by atoms with Crippen LogP contribution in [0.4, 0.5) is 42.5 Å². The maximum atomic E-state index is 13.7. The van der Waals surface area contributed by atoms with Crippen molar-refractivity contribution in [3.63, 3.8) is 0 Å². The SMILES string of the molecule is CCOC(=O)N1c2ccc(OC)nc2C(c2ncc(NC(=O)CCC(=O)OC)c(Cc3cc(C(F)(F)F)cc(C(F)(F)F)c3)n2)C(N)C1CC. The van der Waals surface area contributed by atoms with Gasteiger partial charge in [0.1, 0.15) is 5.82 Å². The summed E-state index contributed by atoms with van der Waals surface area (Å²) in [6.45, 7) is 3.47. The number of rotatable bonds is 10. The molecule has 0 fully saturated rings. The van der Waals surface area contributed by atoms with Crippen LogP contribution in [-0.2, 0) is 37.8 Å².